The van der Waals surface area contributed by atoms with Crippen molar-refractivity contribution in [3.05, 3.63) is 45.1 Å². The first-order valence-corrected chi connectivity index (χ1v) is 7.48. The Kier molecular flexibility index (Phi) is 5.57. The average molecular weight is 358 g/mol. The van der Waals surface area contributed by atoms with Crippen LogP contribution >= 0.6 is 23.2 Å². The second-order valence-corrected chi connectivity index (χ2v) is 5.59. The van der Waals surface area contributed by atoms with Crippen LogP contribution in [-0.4, -0.2) is 31.4 Å². The van der Waals surface area contributed by atoms with Crippen LogP contribution in [0.3, 0.4) is 0 Å². The summed E-state index contributed by atoms with van der Waals surface area (Å²) in [6.07, 6.45) is 0.295. The molecule has 1 aromatic heterocycles. The van der Waals surface area contributed by atoms with Gasteiger partial charge in [0.1, 0.15) is 6.10 Å². The zero-order chi connectivity index (χ0) is 17.1. The molecule has 1 atom stereocenters. The van der Waals surface area contributed by atoms with Crippen molar-refractivity contribution in [3.63, 3.8) is 0 Å². The zero-order valence-corrected chi connectivity index (χ0v) is 14.7. The summed E-state index contributed by atoms with van der Waals surface area (Å²) in [7, 11) is 4.52. The standard InChI is InChI=1S/C16H17Cl2NO4/c1-8-5-11(21-2)12(22-3)6-9(8)15(20)13-14(18)10(17)7-19-16(13)23-4/h5-7,15,20H,1-4H3. The predicted octanol–water partition coefficient (Wildman–Crippen LogP) is 3.80. The Morgan fingerprint density at radius 1 is 1.04 bits per heavy atom. The van der Waals surface area contributed by atoms with E-state index in [4.69, 9.17) is 37.4 Å². The Morgan fingerprint density at radius 3 is 2.22 bits per heavy atom. The Labute approximate surface area is 144 Å². The van der Waals surface area contributed by atoms with E-state index in [0.717, 1.165) is 5.56 Å². The summed E-state index contributed by atoms with van der Waals surface area (Å²) >= 11 is 12.3. The summed E-state index contributed by atoms with van der Waals surface area (Å²) < 4.78 is 15.7. The summed E-state index contributed by atoms with van der Waals surface area (Å²) in [5.41, 5.74) is 1.69. The van der Waals surface area contributed by atoms with Gasteiger partial charge >= 0.3 is 0 Å². The number of pyridine rings is 1. The Morgan fingerprint density at radius 2 is 1.65 bits per heavy atom. The number of methoxy groups -OCH3 is 3. The molecule has 0 aliphatic carbocycles. The van der Waals surface area contributed by atoms with E-state index in [1.165, 1.54) is 20.4 Å². The largest absolute Gasteiger partial charge is 0.493 e. The van der Waals surface area contributed by atoms with Gasteiger partial charge in [0.15, 0.2) is 11.5 Å². The smallest absolute Gasteiger partial charge is 0.220 e. The van der Waals surface area contributed by atoms with Crippen molar-refractivity contribution >= 4 is 23.2 Å². The van der Waals surface area contributed by atoms with Gasteiger partial charge in [0.2, 0.25) is 5.88 Å². The highest BCUT2D eigenvalue weighted by Gasteiger charge is 2.25. The van der Waals surface area contributed by atoms with Crippen LogP contribution in [0.15, 0.2) is 18.3 Å². The molecule has 0 amide bonds. The van der Waals surface area contributed by atoms with Gasteiger partial charge in [-0.15, -0.1) is 0 Å². The highest BCUT2D eigenvalue weighted by molar-refractivity contribution is 6.42. The normalized spacial score (nSPS) is 12.0. The molecular formula is C16H17Cl2NO4. The second kappa shape index (κ2) is 7.25. The SMILES string of the molecule is COc1cc(C)c(C(O)c2c(OC)ncc(Cl)c2Cl)cc1OC. The van der Waals surface area contributed by atoms with E-state index < -0.39 is 6.10 Å². The fourth-order valence-electron chi connectivity index (χ4n) is 2.31. The lowest BCUT2D eigenvalue weighted by Gasteiger charge is -2.20. The molecule has 0 fully saturated rings. The molecule has 0 aliphatic heterocycles. The maximum Gasteiger partial charge on any atom is 0.220 e. The Bertz CT molecular complexity index is 722. The van der Waals surface area contributed by atoms with Gasteiger partial charge in [-0.3, -0.25) is 0 Å². The molecule has 0 spiro atoms. The number of benzene rings is 1. The number of aliphatic hydroxyl groups is 1. The van der Waals surface area contributed by atoms with Crippen LogP contribution in [0.1, 0.15) is 22.8 Å². The molecule has 7 heteroatoms. The monoisotopic (exact) mass is 357 g/mol. The zero-order valence-electron chi connectivity index (χ0n) is 13.2. The molecular weight excluding hydrogens is 341 g/mol. The molecule has 0 saturated carbocycles. The van der Waals surface area contributed by atoms with Crippen molar-refractivity contribution in [2.75, 3.05) is 21.3 Å². The third kappa shape index (κ3) is 3.32. The maximum atomic E-state index is 10.8. The van der Waals surface area contributed by atoms with Crippen LogP contribution < -0.4 is 14.2 Å². The molecule has 1 N–H and O–H groups in total. The van der Waals surface area contributed by atoms with Crippen LogP contribution in [0.25, 0.3) is 0 Å². The van der Waals surface area contributed by atoms with Gasteiger partial charge in [-0.2, -0.15) is 0 Å². The van der Waals surface area contributed by atoms with Crippen LogP contribution in [-0.2, 0) is 0 Å². The minimum absolute atomic E-state index is 0.195. The number of ether oxygens (including phenoxy) is 3. The third-order valence-electron chi connectivity index (χ3n) is 3.51. The fraction of sp³-hybridized carbons (Fsp3) is 0.312. The molecule has 1 heterocycles. The molecule has 0 bridgehead atoms. The van der Waals surface area contributed by atoms with Crippen molar-refractivity contribution in [1.29, 1.82) is 0 Å². The first-order chi connectivity index (χ1) is 10.9. The van der Waals surface area contributed by atoms with E-state index in [1.807, 2.05) is 6.92 Å². The lowest BCUT2D eigenvalue weighted by atomic mass is 9.97. The number of aryl methyl sites for hydroxylation is 1. The first kappa shape index (κ1) is 17.7. The number of aliphatic hydroxyl groups excluding tert-OH is 1. The molecule has 0 radical (unpaired) electrons. The van der Waals surface area contributed by atoms with Gasteiger partial charge < -0.3 is 19.3 Å². The van der Waals surface area contributed by atoms with Crippen LogP contribution in [0.4, 0.5) is 0 Å². The number of hydrogen-bond acceptors (Lipinski definition) is 5. The highest BCUT2D eigenvalue weighted by Crippen LogP contribution is 2.41. The molecule has 5 nitrogen and oxygen atoms in total. The van der Waals surface area contributed by atoms with Crippen molar-refractivity contribution < 1.29 is 19.3 Å². The predicted molar refractivity (Wildman–Crippen MR) is 89.2 cm³/mol. The van der Waals surface area contributed by atoms with E-state index in [9.17, 15) is 5.11 Å². The van der Waals surface area contributed by atoms with E-state index in [1.54, 1.807) is 19.2 Å². The van der Waals surface area contributed by atoms with Gasteiger partial charge in [0, 0.05) is 0 Å². The van der Waals surface area contributed by atoms with E-state index in [0.29, 0.717) is 22.6 Å². The minimum Gasteiger partial charge on any atom is -0.493 e. The third-order valence-corrected chi connectivity index (χ3v) is 4.30. The second-order valence-electron chi connectivity index (χ2n) is 4.81. The summed E-state index contributed by atoms with van der Waals surface area (Å²) in [4.78, 5) is 4.06. The average Bonchev–Trinajstić information content (AvgIpc) is 2.56. The quantitative estimate of drug-likeness (QED) is 0.881. The molecule has 2 aromatic rings. The lowest BCUT2D eigenvalue weighted by Crippen LogP contribution is -2.07. The number of hydrogen-bond donors (Lipinski definition) is 1. The van der Waals surface area contributed by atoms with Crippen molar-refractivity contribution in [3.8, 4) is 17.4 Å². The van der Waals surface area contributed by atoms with Gasteiger partial charge in [-0.25, -0.2) is 4.98 Å². The molecule has 1 unspecified atom stereocenters. The van der Waals surface area contributed by atoms with Crippen LogP contribution in [0.2, 0.25) is 10.0 Å². The van der Waals surface area contributed by atoms with E-state index in [2.05, 4.69) is 4.98 Å². The molecule has 0 aliphatic rings. The minimum atomic E-state index is -1.08. The highest BCUT2D eigenvalue weighted by atomic mass is 35.5. The molecule has 1 aromatic carbocycles. The molecule has 2 rings (SSSR count). The van der Waals surface area contributed by atoms with Gasteiger partial charge in [-0.1, -0.05) is 23.2 Å². The topological polar surface area (TPSA) is 60.8 Å². The molecule has 0 saturated heterocycles. The maximum absolute atomic E-state index is 10.8. The number of nitrogens with zero attached hydrogens (tertiary/aromatic N) is 1. The van der Waals surface area contributed by atoms with Crippen molar-refractivity contribution in [1.82, 2.24) is 4.98 Å². The van der Waals surface area contributed by atoms with Gasteiger partial charge in [0.05, 0.1) is 43.1 Å². The lowest BCUT2D eigenvalue weighted by molar-refractivity contribution is 0.212. The Hall–Kier alpha value is -1.69. The fourth-order valence-corrected chi connectivity index (χ4v) is 2.69. The van der Waals surface area contributed by atoms with Crippen LogP contribution in [0.5, 0.6) is 17.4 Å². The number of halogens is 2. The molecule has 124 valence electrons. The number of aromatic nitrogens is 1. The Balaban J connectivity index is 2.62. The summed E-state index contributed by atoms with van der Waals surface area (Å²) in [5.74, 6) is 1.28. The van der Waals surface area contributed by atoms with E-state index in [-0.39, 0.29) is 15.9 Å². The summed E-state index contributed by atoms with van der Waals surface area (Å²) in [5, 5.41) is 11.2. The van der Waals surface area contributed by atoms with Crippen LogP contribution in [0, 0.1) is 6.92 Å². The van der Waals surface area contributed by atoms with Crippen molar-refractivity contribution in [2.45, 2.75) is 13.0 Å². The summed E-state index contributed by atoms with van der Waals surface area (Å²) in [6, 6.07) is 3.46. The summed E-state index contributed by atoms with van der Waals surface area (Å²) in [6.45, 7) is 1.85. The molecule has 23 heavy (non-hydrogen) atoms. The first-order valence-electron chi connectivity index (χ1n) is 6.73. The van der Waals surface area contributed by atoms with Gasteiger partial charge in [-0.05, 0) is 30.2 Å². The number of rotatable bonds is 5. The van der Waals surface area contributed by atoms with Crippen molar-refractivity contribution in [2.24, 2.45) is 0 Å². The van der Waals surface area contributed by atoms with Gasteiger partial charge in [0.25, 0.3) is 0 Å². The van der Waals surface area contributed by atoms with E-state index >= 15 is 0 Å².